The van der Waals surface area contributed by atoms with E-state index in [0.717, 1.165) is 11.3 Å². The molecule has 0 atom stereocenters. The fourth-order valence-electron chi connectivity index (χ4n) is 2.24. The number of pyridine rings is 1. The molecule has 0 bridgehead atoms. The summed E-state index contributed by atoms with van der Waals surface area (Å²) in [6.45, 7) is 1.96. The molecular weight excluding hydrogens is 268 g/mol. The van der Waals surface area contributed by atoms with Crippen molar-refractivity contribution in [2.45, 2.75) is 6.92 Å². The number of anilines is 2. The number of carboxylic acid groups (broad SMARTS) is 1. The number of aromatic carboxylic acids is 1. The van der Waals surface area contributed by atoms with Gasteiger partial charge in [-0.2, -0.15) is 5.10 Å². The third-order valence-electron chi connectivity index (χ3n) is 3.40. The topological polar surface area (TPSA) is 80.0 Å². The number of para-hydroxylation sites is 1. The maximum Gasteiger partial charge on any atom is 0.339 e. The zero-order chi connectivity index (χ0) is 15.0. The van der Waals surface area contributed by atoms with Crippen molar-refractivity contribution >= 4 is 28.4 Å². The normalized spacial score (nSPS) is 10.8. The molecule has 2 N–H and O–H groups in total. The van der Waals surface area contributed by atoms with E-state index in [0.29, 0.717) is 16.7 Å². The van der Waals surface area contributed by atoms with E-state index in [2.05, 4.69) is 15.4 Å². The lowest BCUT2D eigenvalue weighted by Crippen LogP contribution is -2.05. The lowest BCUT2D eigenvalue weighted by Gasteiger charge is -2.12. The van der Waals surface area contributed by atoms with Gasteiger partial charge < -0.3 is 10.4 Å². The lowest BCUT2D eigenvalue weighted by atomic mass is 10.1. The third kappa shape index (κ3) is 2.20. The van der Waals surface area contributed by atoms with Gasteiger partial charge in [-0.15, -0.1) is 0 Å². The van der Waals surface area contributed by atoms with Gasteiger partial charge in [0.05, 0.1) is 17.3 Å². The zero-order valence-corrected chi connectivity index (χ0v) is 11.7. The Balaban J connectivity index is 2.21. The van der Waals surface area contributed by atoms with Crippen LogP contribution in [0.5, 0.6) is 0 Å². The molecule has 21 heavy (non-hydrogen) atoms. The molecule has 3 rings (SSSR count). The second-order valence-electron chi connectivity index (χ2n) is 4.80. The first-order chi connectivity index (χ1) is 10.1. The first kappa shape index (κ1) is 13.1. The molecule has 0 radical (unpaired) electrons. The van der Waals surface area contributed by atoms with Crippen molar-refractivity contribution in [3.63, 3.8) is 0 Å². The first-order valence-corrected chi connectivity index (χ1v) is 6.44. The summed E-state index contributed by atoms with van der Waals surface area (Å²) in [6, 6.07) is 7.70. The maximum absolute atomic E-state index is 11.4. The smallest absolute Gasteiger partial charge is 0.339 e. The molecule has 0 amide bonds. The molecule has 3 aromatic rings. The monoisotopic (exact) mass is 282 g/mol. The van der Waals surface area contributed by atoms with Crippen molar-refractivity contribution in [2.75, 3.05) is 5.32 Å². The highest BCUT2D eigenvalue weighted by Gasteiger charge is 2.17. The maximum atomic E-state index is 11.4. The predicted molar refractivity (Wildman–Crippen MR) is 79.9 cm³/mol. The summed E-state index contributed by atoms with van der Waals surface area (Å²) < 4.78 is 1.62. The van der Waals surface area contributed by atoms with Gasteiger partial charge in [-0.3, -0.25) is 4.68 Å². The van der Waals surface area contributed by atoms with Crippen LogP contribution < -0.4 is 5.32 Å². The summed E-state index contributed by atoms with van der Waals surface area (Å²) in [5.41, 5.74) is 3.16. The van der Waals surface area contributed by atoms with E-state index < -0.39 is 5.97 Å². The number of benzene rings is 1. The molecule has 0 aliphatic heterocycles. The van der Waals surface area contributed by atoms with Gasteiger partial charge in [0.25, 0.3) is 0 Å². The van der Waals surface area contributed by atoms with E-state index in [1.165, 1.54) is 6.20 Å². The molecule has 1 aromatic carbocycles. The van der Waals surface area contributed by atoms with Crippen molar-refractivity contribution in [1.82, 2.24) is 14.8 Å². The van der Waals surface area contributed by atoms with Gasteiger partial charge >= 0.3 is 5.97 Å². The Bertz CT molecular complexity index is 839. The summed E-state index contributed by atoms with van der Waals surface area (Å²) in [4.78, 5) is 15.6. The highest BCUT2D eigenvalue weighted by molar-refractivity contribution is 6.04. The number of hydrogen-bond acceptors (Lipinski definition) is 4. The number of aromatic nitrogens is 3. The van der Waals surface area contributed by atoms with Gasteiger partial charge in [-0.25, -0.2) is 9.78 Å². The average Bonchev–Trinajstić information content (AvgIpc) is 2.83. The van der Waals surface area contributed by atoms with Crippen LogP contribution in [0.15, 0.2) is 36.7 Å². The molecule has 0 unspecified atom stereocenters. The van der Waals surface area contributed by atoms with E-state index in [4.69, 9.17) is 0 Å². The third-order valence-corrected chi connectivity index (χ3v) is 3.40. The van der Waals surface area contributed by atoms with Crippen LogP contribution >= 0.6 is 0 Å². The summed E-state index contributed by atoms with van der Waals surface area (Å²) in [6.07, 6.45) is 2.97. The van der Waals surface area contributed by atoms with Crippen LogP contribution in [0.4, 0.5) is 11.4 Å². The second kappa shape index (κ2) is 4.90. The summed E-state index contributed by atoms with van der Waals surface area (Å²) in [5, 5.41) is 17.4. The molecule has 0 aliphatic carbocycles. The highest BCUT2D eigenvalue weighted by Crippen LogP contribution is 2.29. The Kier molecular flexibility index (Phi) is 3.06. The molecular formula is C15H14N4O2. The van der Waals surface area contributed by atoms with Crippen LogP contribution in [0.2, 0.25) is 0 Å². The minimum atomic E-state index is -1.02. The van der Waals surface area contributed by atoms with Crippen LogP contribution in [0, 0.1) is 6.92 Å². The van der Waals surface area contributed by atoms with Gasteiger partial charge in [0.15, 0.2) is 5.65 Å². The summed E-state index contributed by atoms with van der Waals surface area (Å²) in [5.74, 6) is -1.02. The molecule has 0 spiro atoms. The Labute approximate surface area is 121 Å². The number of hydrogen-bond donors (Lipinski definition) is 2. The number of carbonyl (C=O) groups is 1. The summed E-state index contributed by atoms with van der Waals surface area (Å²) in [7, 11) is 1.77. The molecule has 6 heteroatoms. The molecule has 6 nitrogen and oxygen atoms in total. The van der Waals surface area contributed by atoms with Crippen molar-refractivity contribution in [2.24, 2.45) is 7.05 Å². The largest absolute Gasteiger partial charge is 0.478 e. The first-order valence-electron chi connectivity index (χ1n) is 6.44. The zero-order valence-electron chi connectivity index (χ0n) is 11.7. The fourth-order valence-corrected chi connectivity index (χ4v) is 2.24. The molecule has 2 aromatic heterocycles. The van der Waals surface area contributed by atoms with Crippen LogP contribution in [0.3, 0.4) is 0 Å². The average molecular weight is 282 g/mol. The SMILES string of the molecule is Cc1ccccc1Nc1c(C(=O)O)cnc2c1cnn2C. The van der Waals surface area contributed by atoms with Crippen LogP contribution in [-0.4, -0.2) is 25.8 Å². The predicted octanol–water partition coefficient (Wildman–Crippen LogP) is 2.72. The molecule has 0 fully saturated rings. The molecule has 0 saturated heterocycles. The van der Waals surface area contributed by atoms with Crippen molar-refractivity contribution in [3.8, 4) is 0 Å². The van der Waals surface area contributed by atoms with E-state index in [9.17, 15) is 9.90 Å². The van der Waals surface area contributed by atoms with Gasteiger partial charge in [0.2, 0.25) is 0 Å². The van der Waals surface area contributed by atoms with Crippen molar-refractivity contribution < 1.29 is 9.90 Å². The van der Waals surface area contributed by atoms with E-state index >= 15 is 0 Å². The van der Waals surface area contributed by atoms with Crippen molar-refractivity contribution in [3.05, 3.63) is 47.8 Å². The highest BCUT2D eigenvalue weighted by atomic mass is 16.4. The van der Waals surface area contributed by atoms with Gasteiger partial charge in [-0.1, -0.05) is 18.2 Å². The fraction of sp³-hybridized carbons (Fsp3) is 0.133. The van der Waals surface area contributed by atoms with E-state index in [1.807, 2.05) is 31.2 Å². The van der Waals surface area contributed by atoms with Gasteiger partial charge in [-0.05, 0) is 18.6 Å². The van der Waals surface area contributed by atoms with Crippen LogP contribution in [0.25, 0.3) is 11.0 Å². The Hall–Kier alpha value is -2.89. The number of aryl methyl sites for hydroxylation is 2. The molecule has 2 heterocycles. The quantitative estimate of drug-likeness (QED) is 0.772. The van der Waals surface area contributed by atoms with Crippen molar-refractivity contribution in [1.29, 1.82) is 0 Å². The number of carboxylic acids is 1. The standard InChI is InChI=1S/C15H14N4O2/c1-9-5-3-4-6-12(9)18-13-10-8-17-19(2)14(10)16-7-11(13)15(20)21/h3-8H,1-2H3,(H,16,18)(H,20,21). The van der Waals surface area contributed by atoms with Gasteiger partial charge in [0.1, 0.15) is 5.56 Å². The molecule has 0 aliphatic rings. The van der Waals surface area contributed by atoms with E-state index in [1.54, 1.807) is 17.9 Å². The molecule has 106 valence electrons. The van der Waals surface area contributed by atoms with E-state index in [-0.39, 0.29) is 5.56 Å². The minimum absolute atomic E-state index is 0.124. The van der Waals surface area contributed by atoms with Gasteiger partial charge in [0, 0.05) is 18.9 Å². The minimum Gasteiger partial charge on any atom is -0.478 e. The number of fused-ring (bicyclic) bond motifs is 1. The Morgan fingerprint density at radius 3 is 2.76 bits per heavy atom. The van der Waals surface area contributed by atoms with Crippen LogP contribution in [-0.2, 0) is 7.05 Å². The Morgan fingerprint density at radius 2 is 2.05 bits per heavy atom. The summed E-state index contributed by atoms with van der Waals surface area (Å²) >= 11 is 0. The second-order valence-corrected chi connectivity index (χ2v) is 4.80. The number of nitrogens with zero attached hydrogens (tertiary/aromatic N) is 3. The number of nitrogens with one attached hydrogen (secondary N) is 1. The van der Waals surface area contributed by atoms with Crippen LogP contribution in [0.1, 0.15) is 15.9 Å². The Morgan fingerprint density at radius 1 is 1.29 bits per heavy atom. The number of rotatable bonds is 3. The molecule has 0 saturated carbocycles. The lowest BCUT2D eigenvalue weighted by molar-refractivity contribution is 0.0697.